The molecule has 2 rings (SSSR count). The lowest BCUT2D eigenvalue weighted by Gasteiger charge is -2.08. The van der Waals surface area contributed by atoms with E-state index in [1.54, 1.807) is 12.1 Å². The third-order valence-corrected chi connectivity index (χ3v) is 3.73. The van der Waals surface area contributed by atoms with Crippen LogP contribution in [-0.2, 0) is 19.0 Å². The smallest absolute Gasteiger partial charge is 0.166 e. The number of hydrogen-bond acceptors (Lipinski definition) is 0. The summed E-state index contributed by atoms with van der Waals surface area (Å²) < 4.78 is 37.5. The predicted octanol–water partition coefficient (Wildman–Crippen LogP) is 6.30. The average molecular weight is 318 g/mol. The summed E-state index contributed by atoms with van der Waals surface area (Å²) in [5.41, 5.74) is 2.70. The van der Waals surface area contributed by atoms with Crippen molar-refractivity contribution in [3.63, 3.8) is 0 Å². The fourth-order valence-electron chi connectivity index (χ4n) is 2.33. The van der Waals surface area contributed by atoms with Crippen molar-refractivity contribution >= 4 is 6.08 Å². The van der Waals surface area contributed by atoms with Crippen molar-refractivity contribution in [1.82, 2.24) is 0 Å². The molecule has 0 aliphatic carbocycles. The minimum atomic E-state index is -4.26. The maximum absolute atomic E-state index is 12.5. The summed E-state index contributed by atoms with van der Waals surface area (Å²) in [5, 5.41) is 0. The van der Waals surface area contributed by atoms with Gasteiger partial charge < -0.3 is 0 Å². The number of benzene rings is 2. The van der Waals surface area contributed by atoms with Gasteiger partial charge in [0.1, 0.15) is 0 Å². The molecule has 0 aromatic heterocycles. The molecule has 0 saturated heterocycles. The third-order valence-electron chi connectivity index (χ3n) is 3.73. The quantitative estimate of drug-likeness (QED) is 0.586. The topological polar surface area (TPSA) is 0 Å². The summed E-state index contributed by atoms with van der Waals surface area (Å²) in [7, 11) is 0. The van der Waals surface area contributed by atoms with E-state index in [-0.39, 0.29) is 0 Å². The average Bonchev–Trinajstić information content (AvgIpc) is 2.54. The molecule has 0 atom stereocenters. The standard InChI is InChI=1S/C20H21F3/c1-2-3-4-5-16-6-8-17(9-7-16)10-11-18-12-14-19(15-13-18)20(21,22)23/h4-9,12-15H,2-3,10-11H2,1H3/b5-4+. The van der Waals surface area contributed by atoms with E-state index in [2.05, 4.69) is 43.3 Å². The van der Waals surface area contributed by atoms with Crippen molar-refractivity contribution in [2.24, 2.45) is 0 Å². The molecule has 0 nitrogen and oxygen atoms in total. The Bertz CT molecular complexity index is 619. The molecule has 0 heterocycles. The van der Waals surface area contributed by atoms with Crippen molar-refractivity contribution in [2.75, 3.05) is 0 Å². The Balaban J connectivity index is 1.90. The molecule has 0 fully saturated rings. The number of aryl methyl sites for hydroxylation is 2. The zero-order chi connectivity index (χ0) is 16.7. The first-order chi connectivity index (χ1) is 11.0. The highest BCUT2D eigenvalue weighted by molar-refractivity contribution is 5.49. The summed E-state index contributed by atoms with van der Waals surface area (Å²) in [5.74, 6) is 0. The Morgan fingerprint density at radius 2 is 1.35 bits per heavy atom. The van der Waals surface area contributed by atoms with E-state index < -0.39 is 11.7 Å². The van der Waals surface area contributed by atoms with Crippen LogP contribution in [0.3, 0.4) is 0 Å². The first-order valence-electron chi connectivity index (χ1n) is 7.90. The number of alkyl halides is 3. The van der Waals surface area contributed by atoms with Gasteiger partial charge in [0.05, 0.1) is 5.56 Å². The van der Waals surface area contributed by atoms with Crippen LogP contribution in [0.4, 0.5) is 13.2 Å². The predicted molar refractivity (Wildman–Crippen MR) is 89.2 cm³/mol. The van der Waals surface area contributed by atoms with E-state index in [0.29, 0.717) is 0 Å². The third kappa shape index (κ3) is 5.59. The molecule has 0 amide bonds. The van der Waals surface area contributed by atoms with Gasteiger partial charge in [0.2, 0.25) is 0 Å². The summed E-state index contributed by atoms with van der Waals surface area (Å²) in [6.45, 7) is 2.15. The van der Waals surface area contributed by atoms with Gasteiger partial charge in [-0.2, -0.15) is 13.2 Å². The molecule has 2 aromatic carbocycles. The second-order valence-electron chi connectivity index (χ2n) is 5.63. The van der Waals surface area contributed by atoms with Gasteiger partial charge in [-0.15, -0.1) is 0 Å². The molecule has 122 valence electrons. The van der Waals surface area contributed by atoms with Crippen LogP contribution in [0.25, 0.3) is 6.08 Å². The van der Waals surface area contributed by atoms with Gasteiger partial charge in [0.25, 0.3) is 0 Å². The van der Waals surface area contributed by atoms with E-state index in [1.807, 2.05) is 0 Å². The van der Waals surface area contributed by atoms with Gasteiger partial charge in [-0.3, -0.25) is 0 Å². The van der Waals surface area contributed by atoms with Crippen molar-refractivity contribution in [2.45, 2.75) is 38.8 Å². The molecule has 3 heteroatoms. The Labute approximate surface area is 135 Å². The van der Waals surface area contributed by atoms with Gasteiger partial charge in [0, 0.05) is 0 Å². The normalized spacial score (nSPS) is 12.0. The summed E-state index contributed by atoms with van der Waals surface area (Å²) in [4.78, 5) is 0. The van der Waals surface area contributed by atoms with Crippen molar-refractivity contribution in [1.29, 1.82) is 0 Å². The lowest BCUT2D eigenvalue weighted by molar-refractivity contribution is -0.137. The molecular weight excluding hydrogens is 297 g/mol. The van der Waals surface area contributed by atoms with E-state index >= 15 is 0 Å². The van der Waals surface area contributed by atoms with Crippen LogP contribution in [0.2, 0.25) is 0 Å². The van der Waals surface area contributed by atoms with Gasteiger partial charge in [-0.05, 0) is 48.1 Å². The van der Waals surface area contributed by atoms with Crippen LogP contribution in [0.5, 0.6) is 0 Å². The molecule has 2 aromatic rings. The van der Waals surface area contributed by atoms with Crippen molar-refractivity contribution < 1.29 is 13.2 Å². The second kappa shape index (κ2) is 8.00. The molecule has 0 N–H and O–H groups in total. The highest BCUT2D eigenvalue weighted by Crippen LogP contribution is 2.29. The first-order valence-corrected chi connectivity index (χ1v) is 7.90. The zero-order valence-electron chi connectivity index (χ0n) is 13.2. The SMILES string of the molecule is CCC/C=C/c1ccc(CCc2ccc(C(F)(F)F)cc2)cc1. The van der Waals surface area contributed by atoms with E-state index in [9.17, 15) is 13.2 Å². The van der Waals surface area contributed by atoms with Gasteiger partial charge in [0.15, 0.2) is 0 Å². The van der Waals surface area contributed by atoms with Gasteiger partial charge >= 0.3 is 6.18 Å². The lowest BCUT2D eigenvalue weighted by atomic mass is 10.0. The largest absolute Gasteiger partial charge is 0.416 e. The Kier molecular flexibility index (Phi) is 6.03. The summed E-state index contributed by atoms with van der Waals surface area (Å²) >= 11 is 0. The Hall–Kier alpha value is -2.03. The second-order valence-corrected chi connectivity index (χ2v) is 5.63. The fourth-order valence-corrected chi connectivity index (χ4v) is 2.33. The number of allylic oxidation sites excluding steroid dienone is 1. The number of unbranched alkanes of at least 4 members (excludes halogenated alkanes) is 1. The van der Waals surface area contributed by atoms with Crippen molar-refractivity contribution in [3.8, 4) is 0 Å². The fraction of sp³-hybridized carbons (Fsp3) is 0.300. The molecule has 0 radical (unpaired) electrons. The van der Waals surface area contributed by atoms with Crippen LogP contribution in [0.1, 0.15) is 42.0 Å². The Morgan fingerprint density at radius 1 is 0.826 bits per heavy atom. The summed E-state index contributed by atoms with van der Waals surface area (Å²) in [6.07, 6.45) is 3.80. The van der Waals surface area contributed by atoms with Crippen LogP contribution >= 0.6 is 0 Å². The maximum atomic E-state index is 12.5. The van der Waals surface area contributed by atoms with E-state index in [4.69, 9.17) is 0 Å². The van der Waals surface area contributed by atoms with Gasteiger partial charge in [-0.1, -0.05) is 61.9 Å². The minimum Gasteiger partial charge on any atom is -0.166 e. The Morgan fingerprint density at radius 3 is 1.83 bits per heavy atom. The molecule has 0 spiro atoms. The first kappa shape index (κ1) is 17.3. The molecule has 0 aliphatic rings. The zero-order valence-corrected chi connectivity index (χ0v) is 13.2. The van der Waals surface area contributed by atoms with Crippen LogP contribution in [-0.4, -0.2) is 0 Å². The molecule has 0 unspecified atom stereocenters. The lowest BCUT2D eigenvalue weighted by Crippen LogP contribution is -2.04. The highest BCUT2D eigenvalue weighted by Gasteiger charge is 2.29. The number of hydrogen-bond donors (Lipinski definition) is 0. The molecule has 0 aliphatic heterocycles. The number of halogens is 3. The van der Waals surface area contributed by atoms with Gasteiger partial charge in [-0.25, -0.2) is 0 Å². The monoisotopic (exact) mass is 318 g/mol. The van der Waals surface area contributed by atoms with Crippen LogP contribution in [0, 0.1) is 0 Å². The summed E-state index contributed by atoms with van der Waals surface area (Å²) in [6, 6.07) is 13.7. The molecule has 0 bridgehead atoms. The van der Waals surface area contributed by atoms with Crippen LogP contribution < -0.4 is 0 Å². The molecule has 23 heavy (non-hydrogen) atoms. The number of rotatable bonds is 6. The highest BCUT2D eigenvalue weighted by atomic mass is 19.4. The molecular formula is C20H21F3. The van der Waals surface area contributed by atoms with E-state index in [1.165, 1.54) is 11.1 Å². The minimum absolute atomic E-state index is 0.593. The van der Waals surface area contributed by atoms with Crippen molar-refractivity contribution in [3.05, 3.63) is 76.9 Å². The van der Waals surface area contributed by atoms with Crippen LogP contribution in [0.15, 0.2) is 54.6 Å². The molecule has 0 saturated carbocycles. The maximum Gasteiger partial charge on any atom is 0.416 e. The van der Waals surface area contributed by atoms with E-state index in [0.717, 1.165) is 43.4 Å².